The number of nitrogens with one attached hydrogen (secondary N) is 2. The Morgan fingerprint density at radius 3 is 2.69 bits per heavy atom. The number of nitrogens with zero attached hydrogens (tertiary/aromatic N) is 2. The number of hydrogen-bond acceptors (Lipinski definition) is 3. The lowest BCUT2D eigenvalue weighted by molar-refractivity contribution is -0.116. The van der Waals surface area contributed by atoms with Crippen molar-refractivity contribution in [3.05, 3.63) is 66.2 Å². The third kappa shape index (κ3) is 4.01. The highest BCUT2D eigenvalue weighted by Crippen LogP contribution is 2.28. The van der Waals surface area contributed by atoms with Crippen LogP contribution >= 0.6 is 0 Å². The number of anilines is 1. The molecule has 2 heterocycles. The van der Waals surface area contributed by atoms with Crippen LogP contribution in [0.15, 0.2) is 60.7 Å². The topological polar surface area (TPSA) is 71.9 Å². The van der Waals surface area contributed by atoms with Gasteiger partial charge in [0.05, 0.1) is 18.5 Å². The van der Waals surface area contributed by atoms with Crippen LogP contribution in [0.3, 0.4) is 0 Å². The fourth-order valence-electron chi connectivity index (χ4n) is 3.55. The van der Waals surface area contributed by atoms with E-state index in [9.17, 15) is 4.79 Å². The largest absolute Gasteiger partial charge is 0.497 e. The van der Waals surface area contributed by atoms with Gasteiger partial charge >= 0.3 is 0 Å². The zero-order chi connectivity index (χ0) is 20.2. The van der Waals surface area contributed by atoms with Gasteiger partial charge in [0.2, 0.25) is 5.91 Å². The first-order valence-corrected chi connectivity index (χ1v) is 9.74. The summed E-state index contributed by atoms with van der Waals surface area (Å²) in [5, 5.41) is 11.4. The molecule has 0 aliphatic heterocycles. The molecule has 1 amide bonds. The highest BCUT2D eigenvalue weighted by Gasteiger charge is 2.13. The number of amides is 1. The van der Waals surface area contributed by atoms with Crippen molar-refractivity contribution in [2.45, 2.75) is 26.3 Å². The van der Waals surface area contributed by atoms with E-state index in [0.717, 1.165) is 29.2 Å². The van der Waals surface area contributed by atoms with Gasteiger partial charge in [-0.25, -0.2) is 0 Å². The maximum Gasteiger partial charge on any atom is 0.225 e. The van der Waals surface area contributed by atoms with Gasteiger partial charge in [0, 0.05) is 29.9 Å². The summed E-state index contributed by atoms with van der Waals surface area (Å²) >= 11 is 0. The molecule has 0 atom stereocenters. The van der Waals surface area contributed by atoms with Gasteiger partial charge in [-0.3, -0.25) is 9.89 Å². The third-order valence-corrected chi connectivity index (χ3v) is 5.05. The number of benzene rings is 2. The average Bonchev–Trinajstić information content (AvgIpc) is 3.36. The number of ether oxygens (including phenoxy) is 1. The molecule has 0 radical (unpaired) electrons. The highest BCUT2D eigenvalue weighted by atomic mass is 16.5. The maximum absolute atomic E-state index is 12.3. The summed E-state index contributed by atoms with van der Waals surface area (Å²) in [5.74, 6) is 1.29. The fraction of sp³-hybridized carbons (Fsp3) is 0.217. The van der Waals surface area contributed by atoms with Crippen molar-refractivity contribution >= 4 is 22.6 Å². The Labute approximate surface area is 169 Å². The molecule has 0 saturated heterocycles. The SMILES string of the molecule is CCn1c(-c2cc(NC(=O)CCc3ccc(OC)cc3)n[nH]2)cc2ccccc21. The van der Waals surface area contributed by atoms with E-state index in [4.69, 9.17) is 4.74 Å². The second-order valence-corrected chi connectivity index (χ2v) is 6.90. The van der Waals surface area contributed by atoms with Crippen molar-refractivity contribution in [3.63, 3.8) is 0 Å². The molecule has 0 bridgehead atoms. The van der Waals surface area contributed by atoms with Crippen molar-refractivity contribution in [1.29, 1.82) is 0 Å². The Hall–Kier alpha value is -3.54. The molecule has 29 heavy (non-hydrogen) atoms. The lowest BCUT2D eigenvalue weighted by Crippen LogP contribution is -2.12. The smallest absolute Gasteiger partial charge is 0.225 e. The summed E-state index contributed by atoms with van der Waals surface area (Å²) < 4.78 is 7.39. The van der Waals surface area contributed by atoms with Crippen LogP contribution in [0.2, 0.25) is 0 Å². The molecule has 0 fully saturated rings. The lowest BCUT2D eigenvalue weighted by atomic mass is 10.1. The van der Waals surface area contributed by atoms with Gasteiger partial charge in [-0.2, -0.15) is 5.10 Å². The number of carbonyl (C=O) groups is 1. The highest BCUT2D eigenvalue weighted by molar-refractivity contribution is 5.91. The first-order valence-electron chi connectivity index (χ1n) is 9.74. The Kier molecular flexibility index (Phi) is 5.33. The first-order chi connectivity index (χ1) is 14.2. The molecule has 0 unspecified atom stereocenters. The van der Waals surface area contributed by atoms with Gasteiger partial charge in [-0.05, 0) is 43.2 Å². The number of hydrogen-bond donors (Lipinski definition) is 2. The molecule has 0 saturated carbocycles. The number of H-pyrrole nitrogens is 1. The zero-order valence-electron chi connectivity index (χ0n) is 16.6. The van der Waals surface area contributed by atoms with Gasteiger partial charge < -0.3 is 14.6 Å². The van der Waals surface area contributed by atoms with Gasteiger partial charge in [0.25, 0.3) is 0 Å². The summed E-state index contributed by atoms with van der Waals surface area (Å²) in [5.41, 5.74) is 4.22. The number of fused-ring (bicyclic) bond motifs is 1. The minimum Gasteiger partial charge on any atom is -0.497 e. The van der Waals surface area contributed by atoms with E-state index in [1.165, 1.54) is 10.9 Å². The van der Waals surface area contributed by atoms with Crippen LogP contribution < -0.4 is 10.1 Å². The minimum absolute atomic E-state index is 0.0603. The Balaban J connectivity index is 1.43. The van der Waals surface area contributed by atoms with Gasteiger partial charge in [-0.1, -0.05) is 30.3 Å². The molecule has 6 heteroatoms. The van der Waals surface area contributed by atoms with Crippen molar-refractivity contribution in [2.24, 2.45) is 0 Å². The van der Waals surface area contributed by atoms with Crippen LogP contribution in [0.1, 0.15) is 18.9 Å². The minimum atomic E-state index is -0.0603. The number of methoxy groups -OCH3 is 1. The average molecular weight is 388 g/mol. The van der Waals surface area contributed by atoms with Crippen LogP contribution in [-0.2, 0) is 17.8 Å². The van der Waals surface area contributed by atoms with Crippen molar-refractivity contribution < 1.29 is 9.53 Å². The van der Waals surface area contributed by atoms with Crippen LogP contribution in [-0.4, -0.2) is 27.8 Å². The lowest BCUT2D eigenvalue weighted by Gasteiger charge is -2.05. The van der Waals surface area contributed by atoms with Crippen LogP contribution in [0, 0.1) is 0 Å². The van der Waals surface area contributed by atoms with Gasteiger partial charge in [-0.15, -0.1) is 0 Å². The third-order valence-electron chi connectivity index (χ3n) is 5.05. The molecule has 0 aliphatic carbocycles. The Bertz CT molecular complexity index is 1130. The van der Waals surface area contributed by atoms with E-state index < -0.39 is 0 Å². The quantitative estimate of drug-likeness (QED) is 0.485. The van der Waals surface area contributed by atoms with E-state index in [2.05, 4.69) is 45.2 Å². The van der Waals surface area contributed by atoms with E-state index in [-0.39, 0.29) is 5.91 Å². The summed E-state index contributed by atoms with van der Waals surface area (Å²) in [7, 11) is 1.64. The summed E-state index contributed by atoms with van der Waals surface area (Å²) in [4.78, 5) is 12.3. The predicted octanol–water partition coefficient (Wildman–Crippen LogP) is 4.63. The zero-order valence-corrected chi connectivity index (χ0v) is 16.6. The number of aromatic nitrogens is 3. The summed E-state index contributed by atoms with van der Waals surface area (Å²) in [6, 6.07) is 20.1. The number of aryl methyl sites for hydroxylation is 2. The normalized spacial score (nSPS) is 11.0. The number of carbonyl (C=O) groups excluding carboxylic acids is 1. The molecule has 0 aliphatic rings. The standard InChI is InChI=1S/C23H24N4O2/c1-3-27-20-7-5-4-6-17(20)14-21(27)19-15-22(26-25-19)24-23(28)13-10-16-8-11-18(29-2)12-9-16/h4-9,11-12,14-15H,3,10,13H2,1-2H3,(H2,24,25,26,28). The van der Waals surface area contributed by atoms with Crippen molar-refractivity contribution in [1.82, 2.24) is 14.8 Å². The number of rotatable bonds is 7. The molecular formula is C23H24N4O2. The maximum atomic E-state index is 12.3. The van der Waals surface area contributed by atoms with Crippen molar-refractivity contribution in [2.75, 3.05) is 12.4 Å². The van der Waals surface area contributed by atoms with Crippen molar-refractivity contribution in [3.8, 4) is 17.1 Å². The number of para-hydroxylation sites is 1. The second-order valence-electron chi connectivity index (χ2n) is 6.90. The van der Waals surface area contributed by atoms with Crippen LogP contribution in [0.4, 0.5) is 5.82 Å². The molecule has 4 aromatic rings. The van der Waals surface area contributed by atoms with Gasteiger partial charge in [0.15, 0.2) is 5.82 Å². The molecule has 4 rings (SSSR count). The molecule has 6 nitrogen and oxygen atoms in total. The molecule has 2 N–H and O–H groups in total. The molecular weight excluding hydrogens is 364 g/mol. The fourth-order valence-corrected chi connectivity index (χ4v) is 3.55. The van der Waals surface area contributed by atoms with E-state index in [0.29, 0.717) is 18.7 Å². The Morgan fingerprint density at radius 2 is 1.93 bits per heavy atom. The summed E-state index contributed by atoms with van der Waals surface area (Å²) in [6.45, 7) is 2.97. The van der Waals surface area contributed by atoms with E-state index in [1.807, 2.05) is 42.5 Å². The monoisotopic (exact) mass is 388 g/mol. The summed E-state index contributed by atoms with van der Waals surface area (Å²) in [6.07, 6.45) is 1.06. The number of aromatic amines is 1. The van der Waals surface area contributed by atoms with E-state index in [1.54, 1.807) is 7.11 Å². The molecule has 2 aromatic heterocycles. The molecule has 148 valence electrons. The van der Waals surface area contributed by atoms with E-state index >= 15 is 0 Å². The van der Waals surface area contributed by atoms with Crippen LogP contribution in [0.5, 0.6) is 5.75 Å². The second kappa shape index (κ2) is 8.22. The molecule has 2 aromatic carbocycles. The molecule has 0 spiro atoms. The van der Waals surface area contributed by atoms with Gasteiger partial charge in [0.1, 0.15) is 5.75 Å². The first kappa shape index (κ1) is 18.8. The Morgan fingerprint density at radius 1 is 1.14 bits per heavy atom. The van der Waals surface area contributed by atoms with Crippen LogP contribution in [0.25, 0.3) is 22.3 Å². The predicted molar refractivity (Wildman–Crippen MR) is 115 cm³/mol.